The van der Waals surface area contributed by atoms with Crippen LogP contribution in [-0.2, 0) is 13.1 Å². The highest BCUT2D eigenvalue weighted by Gasteiger charge is 2.12. The number of carbonyl (C=O) groups is 1. The monoisotopic (exact) mass is 421 g/mol. The summed E-state index contributed by atoms with van der Waals surface area (Å²) in [7, 11) is 0. The summed E-state index contributed by atoms with van der Waals surface area (Å²) in [6, 6.07) is 10.8. The summed E-state index contributed by atoms with van der Waals surface area (Å²) >= 11 is 3.59. The Hall–Kier alpha value is -2.05. The second kappa shape index (κ2) is 9.59. The molecular formula is C20H24BrNO4. The number of ether oxygens (including phenoxy) is 2. The van der Waals surface area contributed by atoms with E-state index in [1.165, 1.54) is 0 Å². The smallest absolute Gasteiger partial charge is 0.335 e. The van der Waals surface area contributed by atoms with E-state index < -0.39 is 5.97 Å². The van der Waals surface area contributed by atoms with Crippen molar-refractivity contribution in [1.82, 2.24) is 5.32 Å². The molecule has 2 N–H and O–H groups in total. The van der Waals surface area contributed by atoms with Gasteiger partial charge in [-0.3, -0.25) is 0 Å². The summed E-state index contributed by atoms with van der Waals surface area (Å²) in [4.78, 5) is 10.9. The van der Waals surface area contributed by atoms with Gasteiger partial charge in [0, 0.05) is 17.6 Å². The number of aromatic carboxylic acids is 1. The van der Waals surface area contributed by atoms with Crippen molar-refractivity contribution in [2.24, 2.45) is 0 Å². The third kappa shape index (κ3) is 5.75. The molecule has 0 aliphatic carbocycles. The summed E-state index contributed by atoms with van der Waals surface area (Å²) in [5.74, 6) is 0.536. The molecule has 0 atom stereocenters. The first-order valence-corrected chi connectivity index (χ1v) is 9.34. The summed E-state index contributed by atoms with van der Waals surface area (Å²) in [5.41, 5.74) is 2.38. The standard InChI is InChI=1S/C20H24BrNO4/c1-4-25-18-9-16(17(21)10-19(18)26-13(2)3)12-22-11-14-5-7-15(8-6-14)20(23)24/h5-10,13,22H,4,11-12H2,1-3H3,(H,23,24). The van der Waals surface area contributed by atoms with E-state index in [1.807, 2.05) is 45.0 Å². The Morgan fingerprint density at radius 1 is 1.15 bits per heavy atom. The maximum absolute atomic E-state index is 10.9. The maximum atomic E-state index is 10.9. The van der Waals surface area contributed by atoms with E-state index in [1.54, 1.807) is 12.1 Å². The van der Waals surface area contributed by atoms with Gasteiger partial charge in [-0.1, -0.05) is 28.1 Å². The molecule has 0 unspecified atom stereocenters. The fraction of sp³-hybridized carbons (Fsp3) is 0.350. The van der Waals surface area contributed by atoms with E-state index in [-0.39, 0.29) is 6.10 Å². The number of benzene rings is 2. The van der Waals surface area contributed by atoms with Gasteiger partial charge in [0.15, 0.2) is 11.5 Å². The SMILES string of the molecule is CCOc1cc(CNCc2ccc(C(=O)O)cc2)c(Br)cc1OC(C)C. The Morgan fingerprint density at radius 3 is 2.42 bits per heavy atom. The van der Waals surface area contributed by atoms with Crippen molar-refractivity contribution < 1.29 is 19.4 Å². The molecule has 2 aromatic carbocycles. The van der Waals surface area contributed by atoms with Crippen LogP contribution in [-0.4, -0.2) is 23.8 Å². The zero-order valence-electron chi connectivity index (χ0n) is 15.2. The van der Waals surface area contributed by atoms with Gasteiger partial charge in [0.2, 0.25) is 0 Å². The molecule has 140 valence electrons. The molecule has 0 fully saturated rings. The Kier molecular flexibility index (Phi) is 7.48. The number of hydrogen-bond donors (Lipinski definition) is 2. The fourth-order valence-corrected chi connectivity index (χ4v) is 2.90. The Morgan fingerprint density at radius 2 is 1.85 bits per heavy atom. The van der Waals surface area contributed by atoms with Gasteiger partial charge in [-0.15, -0.1) is 0 Å². The molecule has 5 nitrogen and oxygen atoms in total. The van der Waals surface area contributed by atoms with Gasteiger partial charge in [-0.05, 0) is 56.2 Å². The summed E-state index contributed by atoms with van der Waals surface area (Å²) in [5, 5.41) is 12.3. The highest BCUT2D eigenvalue weighted by molar-refractivity contribution is 9.10. The van der Waals surface area contributed by atoms with Crippen molar-refractivity contribution in [3.8, 4) is 11.5 Å². The maximum Gasteiger partial charge on any atom is 0.335 e. The molecular weight excluding hydrogens is 398 g/mol. The van der Waals surface area contributed by atoms with Crippen molar-refractivity contribution in [3.63, 3.8) is 0 Å². The van der Waals surface area contributed by atoms with Crippen molar-refractivity contribution in [2.75, 3.05) is 6.61 Å². The fourth-order valence-electron chi connectivity index (χ4n) is 2.43. The van der Waals surface area contributed by atoms with Crippen LogP contribution in [0.5, 0.6) is 11.5 Å². The van der Waals surface area contributed by atoms with E-state index in [2.05, 4.69) is 21.2 Å². The molecule has 0 bridgehead atoms. The van der Waals surface area contributed by atoms with Crippen LogP contribution < -0.4 is 14.8 Å². The molecule has 0 aromatic heterocycles. The molecule has 0 heterocycles. The second-order valence-electron chi connectivity index (χ2n) is 6.10. The van der Waals surface area contributed by atoms with Crippen LogP contribution in [0.25, 0.3) is 0 Å². The number of carboxylic acid groups (broad SMARTS) is 1. The van der Waals surface area contributed by atoms with Crippen molar-refractivity contribution in [3.05, 3.63) is 57.6 Å². The summed E-state index contributed by atoms with van der Waals surface area (Å²) in [6.07, 6.45) is 0.0684. The number of halogens is 1. The lowest BCUT2D eigenvalue weighted by atomic mass is 10.1. The van der Waals surface area contributed by atoms with E-state index in [0.29, 0.717) is 25.3 Å². The molecule has 0 amide bonds. The summed E-state index contributed by atoms with van der Waals surface area (Å²) in [6.45, 7) is 7.76. The average molecular weight is 422 g/mol. The zero-order valence-corrected chi connectivity index (χ0v) is 16.8. The first-order valence-electron chi connectivity index (χ1n) is 8.55. The highest BCUT2D eigenvalue weighted by Crippen LogP contribution is 2.34. The predicted octanol–water partition coefficient (Wildman–Crippen LogP) is 4.62. The van der Waals surface area contributed by atoms with Gasteiger partial charge in [0.1, 0.15) is 0 Å². The van der Waals surface area contributed by atoms with Crippen LogP contribution in [0.1, 0.15) is 42.3 Å². The van der Waals surface area contributed by atoms with Gasteiger partial charge >= 0.3 is 5.97 Å². The molecule has 0 saturated carbocycles. The minimum atomic E-state index is -0.916. The van der Waals surface area contributed by atoms with Gasteiger partial charge in [0.05, 0.1) is 18.3 Å². The van der Waals surface area contributed by atoms with Gasteiger partial charge in [-0.25, -0.2) is 4.79 Å². The van der Waals surface area contributed by atoms with Crippen molar-refractivity contribution in [2.45, 2.75) is 40.0 Å². The number of carboxylic acids is 1. The van der Waals surface area contributed by atoms with Crippen LogP contribution in [0.4, 0.5) is 0 Å². The third-order valence-electron chi connectivity index (χ3n) is 3.62. The molecule has 26 heavy (non-hydrogen) atoms. The molecule has 0 aliphatic heterocycles. The number of hydrogen-bond acceptors (Lipinski definition) is 4. The largest absolute Gasteiger partial charge is 0.490 e. The van der Waals surface area contributed by atoms with Crippen LogP contribution in [0.3, 0.4) is 0 Å². The summed E-state index contributed by atoms with van der Waals surface area (Å²) < 4.78 is 12.5. The van der Waals surface area contributed by atoms with E-state index in [0.717, 1.165) is 27.1 Å². The molecule has 2 rings (SSSR count). The Bertz CT molecular complexity index is 744. The first kappa shape index (κ1) is 20.3. The average Bonchev–Trinajstić information content (AvgIpc) is 2.58. The molecule has 0 radical (unpaired) electrons. The minimum absolute atomic E-state index is 0.0684. The molecule has 0 saturated heterocycles. The van der Waals surface area contributed by atoms with Crippen LogP contribution in [0.15, 0.2) is 40.9 Å². The molecule has 6 heteroatoms. The lowest BCUT2D eigenvalue weighted by Crippen LogP contribution is -2.14. The molecule has 0 spiro atoms. The van der Waals surface area contributed by atoms with Crippen LogP contribution in [0.2, 0.25) is 0 Å². The van der Waals surface area contributed by atoms with E-state index in [9.17, 15) is 4.79 Å². The van der Waals surface area contributed by atoms with Gasteiger partial charge < -0.3 is 19.9 Å². The van der Waals surface area contributed by atoms with Gasteiger partial charge in [0.25, 0.3) is 0 Å². The topological polar surface area (TPSA) is 67.8 Å². The lowest BCUT2D eigenvalue weighted by Gasteiger charge is -2.17. The van der Waals surface area contributed by atoms with Crippen LogP contribution >= 0.6 is 15.9 Å². The van der Waals surface area contributed by atoms with Crippen molar-refractivity contribution in [1.29, 1.82) is 0 Å². The van der Waals surface area contributed by atoms with Crippen LogP contribution in [0, 0.1) is 0 Å². The highest BCUT2D eigenvalue weighted by atomic mass is 79.9. The number of nitrogens with one attached hydrogen (secondary N) is 1. The zero-order chi connectivity index (χ0) is 19.1. The Labute approximate surface area is 162 Å². The first-order chi connectivity index (χ1) is 12.4. The Balaban J connectivity index is 2.04. The lowest BCUT2D eigenvalue weighted by molar-refractivity contribution is 0.0697. The predicted molar refractivity (Wildman–Crippen MR) is 105 cm³/mol. The second-order valence-corrected chi connectivity index (χ2v) is 6.95. The van der Waals surface area contributed by atoms with Crippen molar-refractivity contribution >= 4 is 21.9 Å². The van der Waals surface area contributed by atoms with Gasteiger partial charge in [-0.2, -0.15) is 0 Å². The minimum Gasteiger partial charge on any atom is -0.490 e. The van der Waals surface area contributed by atoms with E-state index >= 15 is 0 Å². The molecule has 0 aliphatic rings. The normalized spacial score (nSPS) is 10.8. The van der Waals surface area contributed by atoms with E-state index in [4.69, 9.17) is 14.6 Å². The number of rotatable bonds is 9. The third-order valence-corrected chi connectivity index (χ3v) is 4.36. The molecule has 2 aromatic rings. The quantitative estimate of drug-likeness (QED) is 0.617.